The fraction of sp³-hybridized carbons (Fsp3) is 0.389. The smallest absolute Gasteiger partial charge is 0.275 e. The van der Waals surface area contributed by atoms with Crippen LogP contribution in [0.4, 0.5) is 0 Å². The Balaban J connectivity index is 2.23. The Hall–Kier alpha value is -2.13. The zero-order valence-electron chi connectivity index (χ0n) is 14.1. The largest absolute Gasteiger partial charge is 0.333 e. The van der Waals surface area contributed by atoms with Gasteiger partial charge in [-0.3, -0.25) is 9.89 Å². The third-order valence-corrected chi connectivity index (χ3v) is 4.55. The van der Waals surface area contributed by atoms with E-state index in [1.54, 1.807) is 17.0 Å². The van der Waals surface area contributed by atoms with E-state index in [2.05, 4.69) is 32.2 Å². The van der Waals surface area contributed by atoms with Crippen LogP contribution >= 0.6 is 15.9 Å². The van der Waals surface area contributed by atoms with Crippen molar-refractivity contribution in [3.05, 3.63) is 51.3 Å². The van der Waals surface area contributed by atoms with Crippen molar-refractivity contribution in [2.45, 2.75) is 39.7 Å². The second-order valence-corrected chi connectivity index (χ2v) is 6.78. The summed E-state index contributed by atoms with van der Waals surface area (Å²) in [5.74, 6) is 0.155. The number of nitriles is 1. The Kier molecular flexibility index (Phi) is 6.16. The predicted molar refractivity (Wildman–Crippen MR) is 96.6 cm³/mol. The summed E-state index contributed by atoms with van der Waals surface area (Å²) < 4.78 is 0.739. The maximum Gasteiger partial charge on any atom is 0.275 e. The molecule has 0 atom stereocenters. The highest BCUT2D eigenvalue weighted by atomic mass is 79.9. The highest BCUT2D eigenvalue weighted by Crippen LogP contribution is 2.26. The normalized spacial score (nSPS) is 10.7. The first kappa shape index (κ1) is 18.2. The number of aromatic nitrogens is 2. The van der Waals surface area contributed by atoms with Gasteiger partial charge in [-0.1, -0.05) is 32.9 Å². The lowest BCUT2D eigenvalue weighted by Crippen LogP contribution is -2.31. The van der Waals surface area contributed by atoms with E-state index in [4.69, 9.17) is 5.26 Å². The highest BCUT2D eigenvalue weighted by molar-refractivity contribution is 9.10. The molecule has 0 radical (unpaired) electrons. The SMILES string of the molecule is CCCN(Cc1ccc(C#N)cc1)C(=O)c1n[nH]c(C(C)C)c1Br. The number of halogens is 1. The Labute approximate surface area is 150 Å². The minimum Gasteiger partial charge on any atom is -0.333 e. The average Bonchev–Trinajstić information content (AvgIpc) is 2.96. The molecule has 1 aromatic heterocycles. The molecule has 0 saturated heterocycles. The van der Waals surface area contributed by atoms with Crippen molar-refractivity contribution < 1.29 is 4.79 Å². The van der Waals surface area contributed by atoms with E-state index in [0.717, 1.165) is 22.2 Å². The lowest BCUT2D eigenvalue weighted by atomic mass is 10.1. The number of hydrogen-bond acceptors (Lipinski definition) is 3. The van der Waals surface area contributed by atoms with E-state index in [9.17, 15) is 4.79 Å². The molecule has 24 heavy (non-hydrogen) atoms. The Morgan fingerprint density at radius 2 is 2.04 bits per heavy atom. The van der Waals surface area contributed by atoms with E-state index in [0.29, 0.717) is 24.3 Å². The monoisotopic (exact) mass is 388 g/mol. The van der Waals surface area contributed by atoms with Crippen LogP contribution in [-0.4, -0.2) is 27.5 Å². The molecule has 6 heteroatoms. The number of hydrogen-bond donors (Lipinski definition) is 1. The highest BCUT2D eigenvalue weighted by Gasteiger charge is 2.23. The van der Waals surface area contributed by atoms with Gasteiger partial charge in [-0.25, -0.2) is 0 Å². The van der Waals surface area contributed by atoms with Crippen molar-refractivity contribution in [2.75, 3.05) is 6.54 Å². The number of amides is 1. The van der Waals surface area contributed by atoms with Crippen LogP contribution in [-0.2, 0) is 6.54 Å². The topological polar surface area (TPSA) is 72.8 Å². The first-order valence-corrected chi connectivity index (χ1v) is 8.79. The predicted octanol–water partition coefficient (Wildman–Crippen LogP) is 4.22. The van der Waals surface area contributed by atoms with Gasteiger partial charge in [0, 0.05) is 13.1 Å². The van der Waals surface area contributed by atoms with Gasteiger partial charge in [0.15, 0.2) is 5.69 Å². The number of H-pyrrole nitrogens is 1. The molecular formula is C18H21BrN4O. The molecule has 0 aliphatic heterocycles. The molecular weight excluding hydrogens is 368 g/mol. The second-order valence-electron chi connectivity index (χ2n) is 5.99. The number of benzene rings is 1. The summed E-state index contributed by atoms with van der Waals surface area (Å²) in [5.41, 5.74) is 2.95. The molecule has 126 valence electrons. The maximum atomic E-state index is 12.9. The zero-order valence-corrected chi connectivity index (χ0v) is 15.7. The van der Waals surface area contributed by atoms with Gasteiger partial charge in [-0.15, -0.1) is 0 Å². The number of aromatic amines is 1. The summed E-state index contributed by atoms with van der Waals surface area (Å²) >= 11 is 3.50. The van der Waals surface area contributed by atoms with Crippen molar-refractivity contribution in [3.8, 4) is 6.07 Å². The van der Waals surface area contributed by atoms with Crippen LogP contribution in [0.5, 0.6) is 0 Å². The van der Waals surface area contributed by atoms with Gasteiger partial charge in [0.25, 0.3) is 5.91 Å². The molecule has 1 amide bonds. The third-order valence-electron chi connectivity index (χ3n) is 3.75. The summed E-state index contributed by atoms with van der Waals surface area (Å²) in [6, 6.07) is 9.40. The number of nitrogens with one attached hydrogen (secondary N) is 1. The number of carbonyl (C=O) groups is 1. The molecule has 2 aromatic rings. The molecule has 0 unspecified atom stereocenters. The van der Waals surface area contributed by atoms with Crippen molar-refractivity contribution >= 4 is 21.8 Å². The molecule has 1 aromatic carbocycles. The van der Waals surface area contributed by atoms with Crippen molar-refractivity contribution in [1.82, 2.24) is 15.1 Å². The molecule has 0 saturated carbocycles. The van der Waals surface area contributed by atoms with E-state index in [-0.39, 0.29) is 11.8 Å². The standard InChI is InChI=1S/C18H21BrN4O/c1-4-9-23(11-14-7-5-13(10-20)6-8-14)18(24)17-15(19)16(12(2)3)21-22-17/h5-8,12H,4,9,11H2,1-3H3,(H,21,22). The lowest BCUT2D eigenvalue weighted by molar-refractivity contribution is 0.0736. The van der Waals surface area contributed by atoms with Crippen molar-refractivity contribution in [3.63, 3.8) is 0 Å². The first-order chi connectivity index (χ1) is 11.5. The van der Waals surface area contributed by atoms with Crippen LogP contribution in [0.25, 0.3) is 0 Å². The van der Waals surface area contributed by atoms with E-state index in [1.165, 1.54) is 0 Å². The fourth-order valence-corrected chi connectivity index (χ4v) is 3.25. The molecule has 5 nitrogen and oxygen atoms in total. The fourth-order valence-electron chi connectivity index (χ4n) is 2.44. The van der Waals surface area contributed by atoms with Gasteiger partial charge >= 0.3 is 0 Å². The molecule has 0 aliphatic carbocycles. The van der Waals surface area contributed by atoms with E-state index in [1.807, 2.05) is 32.9 Å². The van der Waals surface area contributed by atoms with Gasteiger partial charge < -0.3 is 4.90 Å². The van der Waals surface area contributed by atoms with Crippen LogP contribution in [0.3, 0.4) is 0 Å². The van der Waals surface area contributed by atoms with Crippen LogP contribution in [0.2, 0.25) is 0 Å². The third kappa shape index (κ3) is 4.04. The van der Waals surface area contributed by atoms with Gasteiger partial charge in [0.2, 0.25) is 0 Å². The Morgan fingerprint density at radius 1 is 1.38 bits per heavy atom. The van der Waals surface area contributed by atoms with Gasteiger partial charge in [0.1, 0.15) is 0 Å². The van der Waals surface area contributed by atoms with E-state index < -0.39 is 0 Å². The van der Waals surface area contributed by atoms with Gasteiger partial charge in [0.05, 0.1) is 21.8 Å². The maximum absolute atomic E-state index is 12.9. The minimum atomic E-state index is -0.101. The lowest BCUT2D eigenvalue weighted by Gasteiger charge is -2.21. The summed E-state index contributed by atoms with van der Waals surface area (Å²) in [5, 5.41) is 16.0. The quantitative estimate of drug-likeness (QED) is 0.804. The van der Waals surface area contributed by atoms with Crippen LogP contribution in [0.1, 0.15) is 60.4 Å². The van der Waals surface area contributed by atoms with Crippen molar-refractivity contribution in [2.24, 2.45) is 0 Å². The number of rotatable bonds is 6. The van der Waals surface area contributed by atoms with Gasteiger partial charge in [-0.2, -0.15) is 10.4 Å². The first-order valence-electron chi connectivity index (χ1n) is 8.00. The summed E-state index contributed by atoms with van der Waals surface area (Å²) in [4.78, 5) is 14.7. The molecule has 0 spiro atoms. The molecule has 1 heterocycles. The van der Waals surface area contributed by atoms with Crippen LogP contribution < -0.4 is 0 Å². The average molecular weight is 389 g/mol. The Morgan fingerprint density at radius 3 is 2.54 bits per heavy atom. The molecule has 0 fully saturated rings. The molecule has 1 N–H and O–H groups in total. The van der Waals surface area contributed by atoms with E-state index >= 15 is 0 Å². The summed E-state index contributed by atoms with van der Waals surface area (Å²) in [6.45, 7) is 7.28. The number of carbonyl (C=O) groups excluding carboxylic acids is 1. The molecule has 2 rings (SSSR count). The second kappa shape index (κ2) is 8.11. The van der Waals surface area contributed by atoms with Gasteiger partial charge in [-0.05, 0) is 46.0 Å². The summed E-state index contributed by atoms with van der Waals surface area (Å²) in [7, 11) is 0. The summed E-state index contributed by atoms with van der Waals surface area (Å²) in [6.07, 6.45) is 0.862. The molecule has 0 bridgehead atoms. The minimum absolute atomic E-state index is 0.101. The van der Waals surface area contributed by atoms with Crippen molar-refractivity contribution in [1.29, 1.82) is 5.26 Å². The molecule has 0 aliphatic rings. The van der Waals surface area contributed by atoms with Crippen LogP contribution in [0, 0.1) is 11.3 Å². The number of nitrogens with zero attached hydrogens (tertiary/aromatic N) is 3. The van der Waals surface area contributed by atoms with Crippen LogP contribution in [0.15, 0.2) is 28.7 Å². The Bertz CT molecular complexity index is 743. The zero-order chi connectivity index (χ0) is 17.7.